The van der Waals surface area contributed by atoms with Gasteiger partial charge in [-0.2, -0.15) is 0 Å². The van der Waals surface area contributed by atoms with Crippen LogP contribution >= 0.6 is 56.7 Å². The molecule has 0 aliphatic rings. The number of nitrogens with zero attached hydrogens (tertiary/aromatic N) is 4. The first-order chi connectivity index (χ1) is 12.4. The average molecular weight is 417 g/mol. The fourth-order valence-electron chi connectivity index (χ4n) is 2.51. The molecular weight excluding hydrogens is 409 g/mol. The van der Waals surface area contributed by atoms with Crippen molar-refractivity contribution in [2.75, 3.05) is 0 Å². The molecule has 0 saturated heterocycles. The molecule has 4 nitrogen and oxygen atoms in total. The Morgan fingerprint density at radius 2 is 0.840 bits per heavy atom. The summed E-state index contributed by atoms with van der Waals surface area (Å²) in [7, 11) is 0. The predicted molar refractivity (Wildman–Crippen MR) is 109 cm³/mol. The van der Waals surface area contributed by atoms with Crippen molar-refractivity contribution < 1.29 is 0 Å². The van der Waals surface area contributed by atoms with Crippen LogP contribution in [0.25, 0.3) is 40.9 Å². The lowest BCUT2D eigenvalue weighted by Crippen LogP contribution is -1.84. The molecule has 5 aromatic heterocycles. The first kappa shape index (κ1) is 15.5. The van der Waals surface area contributed by atoms with E-state index in [1.807, 2.05) is 46.3 Å². The highest BCUT2D eigenvalue weighted by atomic mass is 32.1. The molecule has 9 heteroatoms. The van der Waals surface area contributed by atoms with E-state index in [2.05, 4.69) is 19.9 Å². The molecule has 0 fully saturated rings. The first-order valence-electron chi connectivity index (χ1n) is 7.18. The van der Waals surface area contributed by atoms with Gasteiger partial charge in [-0.1, -0.05) is 0 Å². The van der Waals surface area contributed by atoms with Crippen molar-refractivity contribution in [2.24, 2.45) is 0 Å². The molecule has 0 bridgehead atoms. The van der Waals surface area contributed by atoms with E-state index in [1.54, 1.807) is 56.7 Å². The van der Waals surface area contributed by atoms with Gasteiger partial charge in [-0.25, -0.2) is 19.9 Å². The topological polar surface area (TPSA) is 51.6 Å². The molecule has 0 aromatic carbocycles. The molecule has 122 valence electrons. The Morgan fingerprint density at radius 1 is 0.480 bits per heavy atom. The molecule has 0 aliphatic carbocycles. The summed E-state index contributed by atoms with van der Waals surface area (Å²) in [5, 5.41) is 12.0. The third kappa shape index (κ3) is 2.68. The highest BCUT2D eigenvalue weighted by molar-refractivity contribution is 7.27. The largest absolute Gasteiger partial charge is 0.244 e. The Bertz CT molecular complexity index is 987. The molecule has 0 unspecified atom stereocenters. The molecule has 0 radical (unpaired) electrons. The zero-order valence-corrected chi connectivity index (χ0v) is 16.5. The molecule has 5 heterocycles. The molecular formula is C16H8N4S5. The monoisotopic (exact) mass is 416 g/mol. The van der Waals surface area contributed by atoms with Gasteiger partial charge < -0.3 is 0 Å². The summed E-state index contributed by atoms with van der Waals surface area (Å²) in [6, 6.07) is 0. The van der Waals surface area contributed by atoms with Crippen LogP contribution in [0.1, 0.15) is 0 Å². The van der Waals surface area contributed by atoms with Crippen molar-refractivity contribution in [1.29, 1.82) is 0 Å². The number of hydrogen-bond donors (Lipinski definition) is 0. The lowest BCUT2D eigenvalue weighted by Gasteiger charge is -2.02. The van der Waals surface area contributed by atoms with Gasteiger partial charge in [0.15, 0.2) is 0 Å². The summed E-state index contributed by atoms with van der Waals surface area (Å²) < 4.78 is 0. The van der Waals surface area contributed by atoms with Crippen LogP contribution in [0.15, 0.2) is 46.3 Å². The van der Waals surface area contributed by atoms with Crippen LogP contribution in [0.4, 0.5) is 0 Å². The minimum Gasteiger partial charge on any atom is -0.244 e. The summed E-state index contributed by atoms with van der Waals surface area (Å²) in [4.78, 5) is 20.5. The molecule has 0 amide bonds. The summed E-state index contributed by atoms with van der Waals surface area (Å²) >= 11 is 8.30. The molecule has 5 aromatic rings. The molecule has 0 spiro atoms. The molecule has 0 N–H and O–H groups in total. The second-order valence-corrected chi connectivity index (χ2v) is 9.46. The zero-order chi connectivity index (χ0) is 16.6. The van der Waals surface area contributed by atoms with Crippen LogP contribution in [0.2, 0.25) is 0 Å². The van der Waals surface area contributed by atoms with Crippen molar-refractivity contribution in [3.05, 3.63) is 46.3 Å². The van der Waals surface area contributed by atoms with E-state index in [4.69, 9.17) is 0 Å². The van der Waals surface area contributed by atoms with E-state index in [0.29, 0.717) is 0 Å². The van der Waals surface area contributed by atoms with Crippen molar-refractivity contribution in [2.45, 2.75) is 0 Å². The Kier molecular flexibility index (Phi) is 4.03. The standard InChI is InChI=1S/C16H8N4S5/c1-5-21-13(17-1)9-10(14-18-2-6-22-14)12(16-20-4-8-24-16)25-11(9)15-19-3-7-23-15/h1-8H. The van der Waals surface area contributed by atoms with Gasteiger partial charge in [0.2, 0.25) is 0 Å². The van der Waals surface area contributed by atoms with Crippen LogP contribution in [0.5, 0.6) is 0 Å². The normalized spacial score (nSPS) is 11.2. The van der Waals surface area contributed by atoms with Gasteiger partial charge in [-0.15, -0.1) is 56.7 Å². The summed E-state index contributed by atoms with van der Waals surface area (Å²) in [5.41, 5.74) is 2.24. The minimum absolute atomic E-state index is 0.995. The fourth-order valence-corrected chi connectivity index (χ4v) is 6.81. The molecule has 0 aliphatic heterocycles. The zero-order valence-electron chi connectivity index (χ0n) is 12.4. The maximum Gasteiger partial charge on any atom is 0.134 e. The Balaban J connectivity index is 1.88. The number of thiophene rings is 1. The molecule has 0 atom stereocenters. The van der Waals surface area contributed by atoms with Crippen molar-refractivity contribution in [3.63, 3.8) is 0 Å². The van der Waals surface area contributed by atoms with Gasteiger partial charge in [0, 0.05) is 57.4 Å². The summed E-state index contributed by atoms with van der Waals surface area (Å²) in [6.45, 7) is 0. The Morgan fingerprint density at radius 3 is 1.16 bits per heavy atom. The van der Waals surface area contributed by atoms with Gasteiger partial charge in [-0.05, 0) is 0 Å². The summed E-state index contributed by atoms with van der Waals surface area (Å²) in [6.07, 6.45) is 7.38. The predicted octanol–water partition coefficient (Wildman–Crippen LogP) is 6.24. The van der Waals surface area contributed by atoms with Crippen molar-refractivity contribution in [3.8, 4) is 40.9 Å². The maximum absolute atomic E-state index is 4.58. The van der Waals surface area contributed by atoms with Crippen LogP contribution in [-0.2, 0) is 0 Å². The lowest BCUT2D eigenvalue weighted by molar-refractivity contribution is 1.39. The van der Waals surface area contributed by atoms with E-state index in [0.717, 1.165) is 40.9 Å². The van der Waals surface area contributed by atoms with E-state index >= 15 is 0 Å². The van der Waals surface area contributed by atoms with Crippen molar-refractivity contribution >= 4 is 56.7 Å². The van der Waals surface area contributed by atoms with Crippen LogP contribution in [-0.4, -0.2) is 19.9 Å². The van der Waals surface area contributed by atoms with Gasteiger partial charge >= 0.3 is 0 Å². The third-order valence-electron chi connectivity index (χ3n) is 3.45. The fraction of sp³-hybridized carbons (Fsp3) is 0. The minimum atomic E-state index is 0.995. The van der Waals surface area contributed by atoms with Gasteiger partial charge in [0.1, 0.15) is 20.0 Å². The molecule has 5 rings (SSSR count). The Labute approximate surface area is 163 Å². The Hall–Kier alpha value is -1.78. The van der Waals surface area contributed by atoms with E-state index in [1.165, 1.54) is 0 Å². The van der Waals surface area contributed by atoms with Gasteiger partial charge in [-0.3, -0.25) is 0 Å². The highest BCUT2D eigenvalue weighted by Gasteiger charge is 2.27. The average Bonchev–Trinajstić information content (AvgIpc) is 3.48. The molecule has 25 heavy (non-hydrogen) atoms. The quantitative estimate of drug-likeness (QED) is 0.348. The lowest BCUT2D eigenvalue weighted by atomic mass is 10.1. The van der Waals surface area contributed by atoms with E-state index in [9.17, 15) is 0 Å². The second kappa shape index (κ2) is 6.50. The summed E-state index contributed by atoms with van der Waals surface area (Å²) in [5.74, 6) is 0. The highest BCUT2D eigenvalue weighted by Crippen LogP contribution is 2.53. The van der Waals surface area contributed by atoms with E-state index < -0.39 is 0 Å². The smallest absolute Gasteiger partial charge is 0.134 e. The number of hydrogen-bond acceptors (Lipinski definition) is 9. The van der Waals surface area contributed by atoms with Crippen LogP contribution in [0, 0.1) is 0 Å². The second-order valence-electron chi connectivity index (χ2n) is 4.86. The SMILES string of the molecule is c1csc(-c2sc(-c3nccs3)c(-c3nccs3)c2-c2nccs2)n1. The number of thiazole rings is 4. The van der Waals surface area contributed by atoms with Crippen molar-refractivity contribution in [1.82, 2.24) is 19.9 Å². The van der Waals surface area contributed by atoms with E-state index in [-0.39, 0.29) is 0 Å². The maximum atomic E-state index is 4.58. The van der Waals surface area contributed by atoms with Gasteiger partial charge in [0.05, 0.1) is 9.75 Å². The van der Waals surface area contributed by atoms with Crippen LogP contribution in [0.3, 0.4) is 0 Å². The van der Waals surface area contributed by atoms with Crippen LogP contribution < -0.4 is 0 Å². The third-order valence-corrected chi connectivity index (χ3v) is 8.08. The van der Waals surface area contributed by atoms with Gasteiger partial charge in [0.25, 0.3) is 0 Å². The number of rotatable bonds is 4. The number of aromatic nitrogens is 4. The molecule has 0 saturated carbocycles. The first-order valence-corrected chi connectivity index (χ1v) is 11.5.